The SMILES string of the molecule is COc1cc(C(=O)N2c3ccccc3S(=O)(=O)c3ccc(Cl)cc32)cc(OC)c1OC. The Hall–Kier alpha value is -3.23. The topological polar surface area (TPSA) is 82.1 Å². The van der Waals surface area contributed by atoms with Gasteiger partial charge in [-0.25, -0.2) is 8.42 Å². The van der Waals surface area contributed by atoms with E-state index in [0.29, 0.717) is 22.3 Å². The van der Waals surface area contributed by atoms with Crippen LogP contribution < -0.4 is 19.1 Å². The molecule has 9 heteroatoms. The normalized spacial score (nSPS) is 13.7. The van der Waals surface area contributed by atoms with Crippen LogP contribution in [0.1, 0.15) is 10.4 Å². The van der Waals surface area contributed by atoms with Crippen molar-refractivity contribution in [2.45, 2.75) is 9.79 Å². The second-order valence-electron chi connectivity index (χ2n) is 6.64. The number of carbonyl (C=O) groups excluding carboxylic acids is 1. The highest BCUT2D eigenvalue weighted by atomic mass is 35.5. The number of hydrogen-bond donors (Lipinski definition) is 0. The molecule has 7 nitrogen and oxygen atoms in total. The summed E-state index contributed by atoms with van der Waals surface area (Å²) in [7, 11) is 0.535. The molecule has 0 spiro atoms. The van der Waals surface area contributed by atoms with Crippen molar-refractivity contribution in [3.63, 3.8) is 0 Å². The Morgan fingerprint density at radius 1 is 0.839 bits per heavy atom. The number of amides is 1. The minimum Gasteiger partial charge on any atom is -0.493 e. The predicted molar refractivity (Wildman–Crippen MR) is 116 cm³/mol. The molecule has 160 valence electrons. The molecule has 1 aliphatic heterocycles. The predicted octanol–water partition coefficient (Wildman–Crippen LogP) is 4.49. The summed E-state index contributed by atoms with van der Waals surface area (Å²) < 4.78 is 42.3. The zero-order chi connectivity index (χ0) is 22.3. The highest BCUT2D eigenvalue weighted by molar-refractivity contribution is 7.92. The summed E-state index contributed by atoms with van der Waals surface area (Å²) in [6, 6.07) is 13.7. The van der Waals surface area contributed by atoms with E-state index in [-0.39, 0.29) is 26.7 Å². The molecule has 0 radical (unpaired) electrons. The number of carbonyl (C=O) groups is 1. The minimum atomic E-state index is -3.82. The summed E-state index contributed by atoms with van der Waals surface area (Å²) in [5.41, 5.74) is 0.621. The van der Waals surface area contributed by atoms with Gasteiger partial charge in [-0.3, -0.25) is 9.69 Å². The van der Waals surface area contributed by atoms with Crippen molar-refractivity contribution in [2.75, 3.05) is 26.2 Å². The monoisotopic (exact) mass is 459 g/mol. The summed E-state index contributed by atoms with van der Waals surface area (Å²) >= 11 is 6.16. The van der Waals surface area contributed by atoms with Gasteiger partial charge >= 0.3 is 0 Å². The lowest BCUT2D eigenvalue weighted by Crippen LogP contribution is -2.32. The maximum Gasteiger partial charge on any atom is 0.263 e. The average Bonchev–Trinajstić information content (AvgIpc) is 2.77. The van der Waals surface area contributed by atoms with Crippen LogP contribution in [0, 0.1) is 0 Å². The number of para-hydroxylation sites is 1. The summed E-state index contributed by atoms with van der Waals surface area (Å²) in [6.45, 7) is 0. The van der Waals surface area contributed by atoms with Crippen molar-refractivity contribution in [3.05, 3.63) is 65.2 Å². The van der Waals surface area contributed by atoms with Crippen molar-refractivity contribution in [2.24, 2.45) is 0 Å². The molecule has 1 aliphatic rings. The number of sulfone groups is 1. The Bertz CT molecular complexity index is 1280. The Balaban J connectivity index is 1.97. The van der Waals surface area contributed by atoms with E-state index in [0.717, 1.165) is 0 Å². The van der Waals surface area contributed by atoms with Crippen LogP contribution in [0.5, 0.6) is 17.2 Å². The third-order valence-electron chi connectivity index (χ3n) is 4.96. The second kappa shape index (κ2) is 7.79. The van der Waals surface area contributed by atoms with Crippen LogP contribution in [0.3, 0.4) is 0 Å². The third-order valence-corrected chi connectivity index (χ3v) is 7.05. The van der Waals surface area contributed by atoms with Crippen LogP contribution in [0.15, 0.2) is 64.4 Å². The summed E-state index contributed by atoms with van der Waals surface area (Å²) in [6.07, 6.45) is 0. The van der Waals surface area contributed by atoms with Gasteiger partial charge in [0.15, 0.2) is 11.5 Å². The lowest BCUT2D eigenvalue weighted by molar-refractivity contribution is 0.0997. The molecule has 1 heterocycles. The van der Waals surface area contributed by atoms with Gasteiger partial charge in [-0.15, -0.1) is 0 Å². The molecule has 0 bridgehead atoms. The van der Waals surface area contributed by atoms with Crippen LogP contribution in [0.4, 0.5) is 11.4 Å². The fourth-order valence-electron chi connectivity index (χ4n) is 3.56. The van der Waals surface area contributed by atoms with Gasteiger partial charge in [0.1, 0.15) is 0 Å². The van der Waals surface area contributed by atoms with E-state index in [1.807, 2.05) is 0 Å². The fourth-order valence-corrected chi connectivity index (χ4v) is 5.33. The van der Waals surface area contributed by atoms with E-state index >= 15 is 0 Å². The van der Waals surface area contributed by atoms with Crippen LogP contribution in [-0.4, -0.2) is 35.7 Å². The van der Waals surface area contributed by atoms with Gasteiger partial charge in [-0.1, -0.05) is 23.7 Å². The highest BCUT2D eigenvalue weighted by Crippen LogP contribution is 2.46. The molecule has 1 amide bonds. The number of rotatable bonds is 4. The van der Waals surface area contributed by atoms with Crippen molar-refractivity contribution in [3.8, 4) is 17.2 Å². The number of nitrogens with zero attached hydrogens (tertiary/aromatic N) is 1. The van der Waals surface area contributed by atoms with Gasteiger partial charge in [0.25, 0.3) is 5.91 Å². The van der Waals surface area contributed by atoms with Crippen LogP contribution in [-0.2, 0) is 9.84 Å². The zero-order valence-corrected chi connectivity index (χ0v) is 18.5. The largest absolute Gasteiger partial charge is 0.493 e. The number of benzene rings is 3. The molecule has 0 N–H and O–H groups in total. The maximum atomic E-state index is 13.7. The number of hydrogen-bond acceptors (Lipinski definition) is 6. The fraction of sp³-hybridized carbons (Fsp3) is 0.136. The second-order valence-corrected chi connectivity index (χ2v) is 8.96. The molecule has 0 fully saturated rings. The first kappa shape index (κ1) is 21.0. The standard InChI is InChI=1S/C22H18ClNO6S/c1-28-17-10-13(11-18(29-2)21(17)30-3)22(25)24-15-6-4-5-7-19(15)31(26,27)20-9-8-14(23)12-16(20)24/h4-12H,1-3H3. The molecule has 0 aliphatic carbocycles. The van der Waals surface area contributed by atoms with E-state index in [2.05, 4.69) is 0 Å². The molecule has 4 rings (SSSR count). The smallest absolute Gasteiger partial charge is 0.263 e. The van der Waals surface area contributed by atoms with E-state index in [1.165, 1.54) is 62.6 Å². The van der Waals surface area contributed by atoms with Gasteiger partial charge in [-0.05, 0) is 42.5 Å². The Morgan fingerprint density at radius 3 is 2.06 bits per heavy atom. The summed E-state index contributed by atoms with van der Waals surface area (Å²) in [4.78, 5) is 15.1. The van der Waals surface area contributed by atoms with Gasteiger partial charge < -0.3 is 14.2 Å². The quantitative estimate of drug-likeness (QED) is 0.571. The first-order valence-electron chi connectivity index (χ1n) is 9.11. The highest BCUT2D eigenvalue weighted by Gasteiger charge is 2.37. The van der Waals surface area contributed by atoms with Gasteiger partial charge in [-0.2, -0.15) is 0 Å². The van der Waals surface area contributed by atoms with E-state index < -0.39 is 15.7 Å². The third kappa shape index (κ3) is 3.28. The molecule has 0 saturated carbocycles. The number of anilines is 2. The van der Waals surface area contributed by atoms with Gasteiger partial charge in [0, 0.05) is 10.6 Å². The van der Waals surface area contributed by atoms with Crippen molar-refractivity contribution >= 4 is 38.7 Å². The number of fused-ring (bicyclic) bond motifs is 2. The lowest BCUT2D eigenvalue weighted by Gasteiger charge is -2.31. The molecule has 0 aromatic heterocycles. The number of methoxy groups -OCH3 is 3. The molecule has 0 saturated heterocycles. The summed E-state index contributed by atoms with van der Waals surface area (Å²) in [5, 5.41) is 0.302. The molecular weight excluding hydrogens is 442 g/mol. The minimum absolute atomic E-state index is 0.00334. The molecule has 0 unspecified atom stereocenters. The van der Waals surface area contributed by atoms with Crippen molar-refractivity contribution in [1.82, 2.24) is 0 Å². The van der Waals surface area contributed by atoms with E-state index in [9.17, 15) is 13.2 Å². The van der Waals surface area contributed by atoms with Crippen LogP contribution in [0.2, 0.25) is 5.02 Å². The van der Waals surface area contributed by atoms with Gasteiger partial charge in [0.05, 0.1) is 42.5 Å². The Morgan fingerprint density at radius 2 is 1.45 bits per heavy atom. The number of halogens is 1. The molecule has 3 aromatic rings. The summed E-state index contributed by atoms with van der Waals surface area (Å²) in [5.74, 6) is 0.459. The van der Waals surface area contributed by atoms with E-state index in [1.54, 1.807) is 18.2 Å². The Kier molecular flexibility index (Phi) is 5.28. The maximum absolute atomic E-state index is 13.7. The lowest BCUT2D eigenvalue weighted by atomic mass is 10.1. The zero-order valence-electron chi connectivity index (χ0n) is 16.9. The molecule has 31 heavy (non-hydrogen) atoms. The molecule has 3 aromatic carbocycles. The molecular formula is C22H18ClNO6S. The Labute approximate surface area is 184 Å². The van der Waals surface area contributed by atoms with Gasteiger partial charge in [0.2, 0.25) is 15.6 Å². The van der Waals surface area contributed by atoms with Crippen molar-refractivity contribution in [1.29, 1.82) is 0 Å². The first-order valence-corrected chi connectivity index (χ1v) is 11.0. The van der Waals surface area contributed by atoms with Crippen LogP contribution >= 0.6 is 11.6 Å². The molecule has 0 atom stereocenters. The van der Waals surface area contributed by atoms with E-state index in [4.69, 9.17) is 25.8 Å². The van der Waals surface area contributed by atoms with Crippen LogP contribution in [0.25, 0.3) is 0 Å². The van der Waals surface area contributed by atoms with Crippen molar-refractivity contribution < 1.29 is 27.4 Å². The number of ether oxygens (including phenoxy) is 3. The average molecular weight is 460 g/mol. The first-order chi connectivity index (χ1) is 14.8.